The van der Waals surface area contributed by atoms with Gasteiger partial charge in [-0.15, -0.1) is 0 Å². The van der Waals surface area contributed by atoms with Crippen LogP contribution in [0.2, 0.25) is 0 Å². The second-order valence-electron chi connectivity index (χ2n) is 4.78. The fourth-order valence-corrected chi connectivity index (χ4v) is 2.09. The summed E-state index contributed by atoms with van der Waals surface area (Å²) in [4.78, 5) is 25.6. The number of nitrogens with zero attached hydrogens (tertiary/aromatic N) is 1. The molecule has 0 saturated heterocycles. The maximum atomic E-state index is 12.4. The monoisotopic (exact) mass is 272 g/mol. The van der Waals surface area contributed by atoms with Crippen molar-refractivity contribution in [3.63, 3.8) is 0 Å². The summed E-state index contributed by atoms with van der Waals surface area (Å²) in [5.74, 6) is -0.559. The summed E-state index contributed by atoms with van der Waals surface area (Å²) >= 11 is 4.96. The Morgan fingerprint density at radius 1 is 1.44 bits per heavy atom. The number of amides is 1. The standard InChI is InChI=1S/C12H20N2O3S/c1-4-17-9(15)7-14(8(2)3)11(16)12(5-6-12)10(13)18/h8H,4-7H2,1-3H3,(H2,13,18). The average molecular weight is 272 g/mol. The number of nitrogens with two attached hydrogens (primary N) is 1. The lowest BCUT2D eigenvalue weighted by atomic mass is 10.0. The Labute approximate surface area is 113 Å². The normalized spacial score (nSPS) is 16.2. The lowest BCUT2D eigenvalue weighted by Crippen LogP contribution is -2.48. The van der Waals surface area contributed by atoms with Crippen molar-refractivity contribution in [3.8, 4) is 0 Å². The molecule has 1 saturated carbocycles. The van der Waals surface area contributed by atoms with E-state index in [-0.39, 0.29) is 23.5 Å². The summed E-state index contributed by atoms with van der Waals surface area (Å²) in [6.07, 6.45) is 1.35. The zero-order valence-electron chi connectivity index (χ0n) is 11.1. The van der Waals surface area contributed by atoms with Gasteiger partial charge in [0.15, 0.2) is 0 Å². The molecule has 0 spiro atoms. The molecule has 0 unspecified atom stereocenters. The molecule has 6 heteroatoms. The smallest absolute Gasteiger partial charge is 0.325 e. The zero-order valence-corrected chi connectivity index (χ0v) is 11.9. The van der Waals surface area contributed by atoms with Crippen LogP contribution in [0.4, 0.5) is 0 Å². The van der Waals surface area contributed by atoms with Gasteiger partial charge in [0.25, 0.3) is 0 Å². The maximum absolute atomic E-state index is 12.4. The summed E-state index contributed by atoms with van der Waals surface area (Å²) in [7, 11) is 0. The third-order valence-electron chi connectivity index (χ3n) is 3.12. The quantitative estimate of drug-likeness (QED) is 0.573. The number of rotatable bonds is 6. The van der Waals surface area contributed by atoms with Crippen LogP contribution in [0.15, 0.2) is 0 Å². The molecule has 0 radical (unpaired) electrons. The first-order chi connectivity index (χ1) is 8.35. The molecule has 1 aliphatic carbocycles. The number of carbonyl (C=O) groups is 2. The van der Waals surface area contributed by atoms with Crippen LogP contribution in [0.5, 0.6) is 0 Å². The predicted molar refractivity (Wildman–Crippen MR) is 71.9 cm³/mol. The Bertz CT molecular complexity index is 364. The minimum Gasteiger partial charge on any atom is -0.465 e. The van der Waals surface area contributed by atoms with Gasteiger partial charge in [0.2, 0.25) is 5.91 Å². The van der Waals surface area contributed by atoms with Gasteiger partial charge in [0.1, 0.15) is 6.54 Å². The van der Waals surface area contributed by atoms with Crippen molar-refractivity contribution in [3.05, 3.63) is 0 Å². The van der Waals surface area contributed by atoms with Crippen LogP contribution in [-0.4, -0.2) is 41.0 Å². The van der Waals surface area contributed by atoms with E-state index in [9.17, 15) is 9.59 Å². The van der Waals surface area contributed by atoms with Gasteiger partial charge in [-0.05, 0) is 33.6 Å². The van der Waals surface area contributed by atoms with Crippen LogP contribution in [-0.2, 0) is 14.3 Å². The summed E-state index contributed by atoms with van der Waals surface area (Å²) in [6.45, 7) is 5.70. The lowest BCUT2D eigenvalue weighted by molar-refractivity contribution is -0.151. The summed E-state index contributed by atoms with van der Waals surface area (Å²) < 4.78 is 4.87. The molecule has 2 N–H and O–H groups in total. The molecule has 0 atom stereocenters. The van der Waals surface area contributed by atoms with E-state index in [2.05, 4.69) is 0 Å². The molecular formula is C12H20N2O3S. The van der Waals surface area contributed by atoms with E-state index < -0.39 is 11.4 Å². The molecule has 0 bridgehead atoms. The third-order valence-corrected chi connectivity index (χ3v) is 3.51. The van der Waals surface area contributed by atoms with Crippen LogP contribution in [0.1, 0.15) is 33.6 Å². The Balaban J connectivity index is 2.77. The van der Waals surface area contributed by atoms with Crippen molar-refractivity contribution in [1.82, 2.24) is 4.90 Å². The maximum Gasteiger partial charge on any atom is 0.325 e. The lowest BCUT2D eigenvalue weighted by Gasteiger charge is -2.29. The van der Waals surface area contributed by atoms with E-state index >= 15 is 0 Å². The van der Waals surface area contributed by atoms with Crippen molar-refractivity contribution in [2.24, 2.45) is 11.1 Å². The highest BCUT2D eigenvalue weighted by Crippen LogP contribution is 2.47. The molecule has 1 fully saturated rings. The van der Waals surface area contributed by atoms with Crippen molar-refractivity contribution < 1.29 is 14.3 Å². The van der Waals surface area contributed by atoms with Gasteiger partial charge in [-0.2, -0.15) is 0 Å². The van der Waals surface area contributed by atoms with Crippen LogP contribution in [0.25, 0.3) is 0 Å². The molecule has 0 aliphatic heterocycles. The van der Waals surface area contributed by atoms with Gasteiger partial charge in [0.05, 0.1) is 17.0 Å². The molecule has 0 aromatic rings. The molecular weight excluding hydrogens is 252 g/mol. The van der Waals surface area contributed by atoms with Crippen LogP contribution >= 0.6 is 12.2 Å². The van der Waals surface area contributed by atoms with Crippen molar-refractivity contribution in [2.75, 3.05) is 13.2 Å². The Kier molecular flexibility index (Phi) is 4.67. The molecule has 18 heavy (non-hydrogen) atoms. The van der Waals surface area contributed by atoms with Gasteiger partial charge < -0.3 is 15.4 Å². The van der Waals surface area contributed by atoms with E-state index in [0.717, 1.165) is 0 Å². The number of ether oxygens (including phenoxy) is 1. The van der Waals surface area contributed by atoms with E-state index in [1.165, 1.54) is 4.90 Å². The number of thiocarbonyl (C=S) groups is 1. The summed E-state index contributed by atoms with van der Waals surface area (Å²) in [5, 5.41) is 0. The van der Waals surface area contributed by atoms with Crippen molar-refractivity contribution in [2.45, 2.75) is 39.7 Å². The fraction of sp³-hybridized carbons (Fsp3) is 0.750. The number of carbonyl (C=O) groups excluding carboxylic acids is 2. The van der Waals surface area contributed by atoms with Crippen LogP contribution in [0, 0.1) is 5.41 Å². The van der Waals surface area contributed by atoms with Crippen molar-refractivity contribution in [1.29, 1.82) is 0 Å². The highest BCUT2D eigenvalue weighted by atomic mass is 32.1. The molecule has 0 heterocycles. The topological polar surface area (TPSA) is 72.6 Å². The SMILES string of the molecule is CCOC(=O)CN(C(=O)C1(C(N)=S)CC1)C(C)C. The number of hydrogen-bond donors (Lipinski definition) is 1. The minimum absolute atomic E-state index is 0.0469. The van der Waals surface area contributed by atoms with Crippen LogP contribution in [0.3, 0.4) is 0 Å². The molecule has 102 valence electrons. The van der Waals surface area contributed by atoms with Gasteiger partial charge in [0, 0.05) is 6.04 Å². The summed E-state index contributed by atoms with van der Waals surface area (Å²) in [6, 6.07) is -0.0891. The van der Waals surface area contributed by atoms with Crippen LogP contribution < -0.4 is 5.73 Å². The van der Waals surface area contributed by atoms with Gasteiger partial charge >= 0.3 is 5.97 Å². The largest absolute Gasteiger partial charge is 0.465 e. The molecule has 0 aromatic heterocycles. The zero-order chi connectivity index (χ0) is 13.9. The predicted octanol–water partition coefficient (Wildman–Crippen LogP) is 0.853. The van der Waals surface area contributed by atoms with Crippen molar-refractivity contribution >= 4 is 29.1 Å². The summed E-state index contributed by atoms with van der Waals surface area (Å²) in [5.41, 5.74) is 4.91. The highest BCUT2D eigenvalue weighted by Gasteiger charge is 2.55. The van der Waals surface area contributed by atoms with E-state index in [0.29, 0.717) is 19.4 Å². The first-order valence-corrected chi connectivity index (χ1v) is 6.52. The second-order valence-corrected chi connectivity index (χ2v) is 5.22. The second kappa shape index (κ2) is 5.65. The number of hydrogen-bond acceptors (Lipinski definition) is 4. The first-order valence-electron chi connectivity index (χ1n) is 6.11. The minimum atomic E-state index is -0.716. The molecule has 1 aliphatic rings. The van der Waals surface area contributed by atoms with E-state index in [4.69, 9.17) is 22.7 Å². The Morgan fingerprint density at radius 3 is 2.33 bits per heavy atom. The molecule has 1 amide bonds. The van der Waals surface area contributed by atoms with E-state index in [1.54, 1.807) is 6.92 Å². The molecule has 1 rings (SSSR count). The van der Waals surface area contributed by atoms with Gasteiger partial charge in [-0.25, -0.2) is 0 Å². The first kappa shape index (κ1) is 14.9. The fourth-order valence-electron chi connectivity index (χ4n) is 1.80. The van der Waals surface area contributed by atoms with Gasteiger partial charge in [-0.1, -0.05) is 12.2 Å². The Hall–Kier alpha value is -1.17. The average Bonchev–Trinajstić information content (AvgIpc) is 3.06. The van der Waals surface area contributed by atoms with Gasteiger partial charge in [-0.3, -0.25) is 9.59 Å². The highest BCUT2D eigenvalue weighted by molar-refractivity contribution is 7.80. The third kappa shape index (κ3) is 2.98. The van der Waals surface area contributed by atoms with E-state index in [1.807, 2.05) is 13.8 Å². The molecule has 0 aromatic carbocycles. The molecule has 5 nitrogen and oxygen atoms in total. The Morgan fingerprint density at radius 2 is 2.00 bits per heavy atom. The number of esters is 1.